The Morgan fingerprint density at radius 2 is 1.84 bits per heavy atom. The van der Waals surface area contributed by atoms with Crippen LogP contribution in [0.5, 0.6) is 11.5 Å². The number of halogens is 4. The van der Waals surface area contributed by atoms with Gasteiger partial charge in [-0.25, -0.2) is 0 Å². The molecule has 10 heteroatoms. The fraction of sp³-hybridized carbons (Fsp3) is 0.321. The van der Waals surface area contributed by atoms with Gasteiger partial charge in [-0.15, -0.1) is 0 Å². The Bertz CT molecular complexity index is 1350. The Morgan fingerprint density at radius 3 is 2.50 bits per heavy atom. The fourth-order valence-electron chi connectivity index (χ4n) is 4.67. The van der Waals surface area contributed by atoms with E-state index in [0.29, 0.717) is 39.8 Å². The third kappa shape index (κ3) is 5.84. The lowest BCUT2D eigenvalue weighted by Crippen LogP contribution is -2.37. The molecule has 1 amide bonds. The summed E-state index contributed by atoms with van der Waals surface area (Å²) >= 11 is 6.16. The zero-order chi connectivity index (χ0) is 27.6. The van der Waals surface area contributed by atoms with Crippen LogP contribution in [0, 0.1) is 13.8 Å². The van der Waals surface area contributed by atoms with Crippen LogP contribution in [0.3, 0.4) is 0 Å². The second-order valence-electron chi connectivity index (χ2n) is 9.08. The van der Waals surface area contributed by atoms with E-state index in [4.69, 9.17) is 26.2 Å². The summed E-state index contributed by atoms with van der Waals surface area (Å²) in [6, 6.07) is 11.7. The average molecular weight is 549 g/mol. The number of aliphatic hydroxyl groups excluding tert-OH is 1. The molecular formula is C28H28ClF3N2O4. The summed E-state index contributed by atoms with van der Waals surface area (Å²) in [5.74, 6) is 0.460. The molecule has 38 heavy (non-hydrogen) atoms. The van der Waals surface area contributed by atoms with Crippen LogP contribution in [0.15, 0.2) is 48.5 Å². The first kappa shape index (κ1) is 27.6. The van der Waals surface area contributed by atoms with Gasteiger partial charge in [0, 0.05) is 41.1 Å². The second kappa shape index (κ2) is 11.1. The topological polar surface area (TPSA) is 71.0 Å². The molecule has 6 nitrogen and oxygen atoms in total. The summed E-state index contributed by atoms with van der Waals surface area (Å²) in [4.78, 5) is 15.5. The van der Waals surface area contributed by atoms with Crippen molar-refractivity contribution in [1.29, 1.82) is 0 Å². The van der Waals surface area contributed by atoms with E-state index in [0.717, 1.165) is 11.6 Å². The SMILES string of the molecule is COc1cc(NC(C(=O)N2CCc3cc(C)c(C(F)(F)F)cc32)c2ccc(Cl)cc2C)cc(OCCO)c1. The molecule has 202 valence electrons. The Balaban J connectivity index is 1.76. The van der Waals surface area contributed by atoms with E-state index < -0.39 is 23.7 Å². The summed E-state index contributed by atoms with van der Waals surface area (Å²) in [5.41, 5.74) is 2.16. The summed E-state index contributed by atoms with van der Waals surface area (Å²) in [6.45, 7) is 3.38. The number of hydrogen-bond donors (Lipinski definition) is 2. The summed E-state index contributed by atoms with van der Waals surface area (Å²) in [6.07, 6.45) is -4.09. The number of aryl methyl sites for hydroxylation is 2. The van der Waals surface area contributed by atoms with Gasteiger partial charge in [0.05, 0.1) is 19.3 Å². The molecule has 0 bridgehead atoms. The maximum absolute atomic E-state index is 14.1. The maximum atomic E-state index is 14.1. The molecule has 1 unspecified atom stereocenters. The lowest BCUT2D eigenvalue weighted by atomic mass is 9.99. The van der Waals surface area contributed by atoms with Crippen molar-refractivity contribution in [3.63, 3.8) is 0 Å². The number of amides is 1. The molecule has 1 heterocycles. The quantitative estimate of drug-likeness (QED) is 0.356. The first-order valence-electron chi connectivity index (χ1n) is 12.0. The van der Waals surface area contributed by atoms with Gasteiger partial charge in [-0.05, 0) is 60.7 Å². The van der Waals surface area contributed by atoms with E-state index in [9.17, 15) is 18.0 Å². The van der Waals surface area contributed by atoms with Crippen LogP contribution >= 0.6 is 11.6 Å². The van der Waals surface area contributed by atoms with Gasteiger partial charge in [0.25, 0.3) is 5.91 Å². The van der Waals surface area contributed by atoms with Gasteiger partial charge in [-0.3, -0.25) is 4.79 Å². The predicted molar refractivity (Wildman–Crippen MR) is 140 cm³/mol. The van der Waals surface area contributed by atoms with Crippen LogP contribution in [0.2, 0.25) is 5.02 Å². The van der Waals surface area contributed by atoms with Gasteiger partial charge in [-0.1, -0.05) is 23.7 Å². The summed E-state index contributed by atoms with van der Waals surface area (Å²) < 4.78 is 51.9. The Hall–Kier alpha value is -3.43. The van der Waals surface area contributed by atoms with Gasteiger partial charge in [0.1, 0.15) is 24.1 Å². The molecule has 1 aliphatic rings. The molecule has 0 aliphatic carbocycles. The van der Waals surface area contributed by atoms with Crippen molar-refractivity contribution in [1.82, 2.24) is 0 Å². The van der Waals surface area contributed by atoms with Crippen LogP contribution in [-0.2, 0) is 17.4 Å². The highest BCUT2D eigenvalue weighted by molar-refractivity contribution is 6.30. The van der Waals surface area contributed by atoms with Crippen molar-refractivity contribution in [3.05, 3.63) is 81.4 Å². The molecule has 3 aromatic carbocycles. The van der Waals surface area contributed by atoms with Crippen LogP contribution in [-0.4, -0.2) is 37.9 Å². The number of anilines is 2. The number of carbonyl (C=O) groups excluding carboxylic acids is 1. The standard InChI is InChI=1S/C28H28ClF3N2O4/c1-16-11-19(29)4-5-23(16)26(33-20-12-21(37-3)14-22(13-20)38-9-8-35)27(36)34-7-6-18-10-17(2)24(15-25(18)34)28(30,31)32/h4-5,10-15,26,33,35H,6-9H2,1-3H3. The molecule has 0 saturated carbocycles. The number of aliphatic hydroxyl groups is 1. The highest BCUT2D eigenvalue weighted by atomic mass is 35.5. The molecule has 0 radical (unpaired) electrons. The van der Waals surface area contributed by atoms with Gasteiger partial charge >= 0.3 is 6.18 Å². The van der Waals surface area contributed by atoms with Crippen LogP contribution in [0.4, 0.5) is 24.5 Å². The van der Waals surface area contributed by atoms with Gasteiger partial charge in [0.2, 0.25) is 0 Å². The minimum atomic E-state index is -4.54. The van der Waals surface area contributed by atoms with Crippen LogP contribution in [0.25, 0.3) is 0 Å². The highest BCUT2D eigenvalue weighted by Crippen LogP contribution is 2.40. The second-order valence-corrected chi connectivity index (χ2v) is 9.52. The molecule has 0 aromatic heterocycles. The minimum Gasteiger partial charge on any atom is -0.497 e. The van der Waals surface area contributed by atoms with E-state index in [1.165, 1.54) is 25.0 Å². The lowest BCUT2D eigenvalue weighted by molar-refractivity contribution is -0.138. The third-order valence-corrected chi connectivity index (χ3v) is 6.70. The number of nitrogens with one attached hydrogen (secondary N) is 1. The number of nitrogens with zero attached hydrogens (tertiary/aromatic N) is 1. The number of fused-ring (bicyclic) bond motifs is 1. The molecule has 0 saturated heterocycles. The van der Waals surface area contributed by atoms with Crippen molar-refractivity contribution < 1.29 is 32.5 Å². The van der Waals surface area contributed by atoms with Crippen molar-refractivity contribution in [2.75, 3.05) is 37.1 Å². The zero-order valence-corrected chi connectivity index (χ0v) is 21.9. The lowest BCUT2D eigenvalue weighted by Gasteiger charge is -2.28. The third-order valence-electron chi connectivity index (χ3n) is 6.47. The molecule has 2 N–H and O–H groups in total. The van der Waals surface area contributed by atoms with Crippen molar-refractivity contribution >= 4 is 28.9 Å². The number of carbonyl (C=O) groups is 1. The minimum absolute atomic E-state index is 0.0662. The number of hydrogen-bond acceptors (Lipinski definition) is 5. The number of rotatable bonds is 8. The smallest absolute Gasteiger partial charge is 0.416 e. The van der Waals surface area contributed by atoms with Crippen molar-refractivity contribution in [3.8, 4) is 11.5 Å². The Morgan fingerprint density at radius 1 is 1.11 bits per heavy atom. The van der Waals surface area contributed by atoms with E-state index in [1.807, 2.05) is 6.92 Å². The number of ether oxygens (including phenoxy) is 2. The number of alkyl halides is 3. The monoisotopic (exact) mass is 548 g/mol. The largest absolute Gasteiger partial charge is 0.497 e. The van der Waals surface area contributed by atoms with E-state index in [2.05, 4.69) is 5.32 Å². The van der Waals surface area contributed by atoms with Gasteiger partial charge in [-0.2, -0.15) is 13.2 Å². The van der Waals surface area contributed by atoms with E-state index >= 15 is 0 Å². The van der Waals surface area contributed by atoms with Crippen molar-refractivity contribution in [2.45, 2.75) is 32.5 Å². The first-order chi connectivity index (χ1) is 18.0. The maximum Gasteiger partial charge on any atom is 0.416 e. The van der Waals surface area contributed by atoms with Crippen LogP contribution in [0.1, 0.15) is 33.9 Å². The molecule has 1 atom stereocenters. The van der Waals surface area contributed by atoms with Gasteiger partial charge in [0.15, 0.2) is 0 Å². The molecule has 4 rings (SSSR count). The fourth-order valence-corrected chi connectivity index (χ4v) is 4.90. The molecule has 0 fully saturated rings. The molecule has 3 aromatic rings. The molecule has 1 aliphatic heterocycles. The number of methoxy groups -OCH3 is 1. The predicted octanol–water partition coefficient (Wildman–Crippen LogP) is 6.10. The highest BCUT2D eigenvalue weighted by Gasteiger charge is 2.37. The first-order valence-corrected chi connectivity index (χ1v) is 12.4. The van der Waals surface area contributed by atoms with Gasteiger partial charge < -0.3 is 24.8 Å². The van der Waals surface area contributed by atoms with Crippen molar-refractivity contribution in [2.24, 2.45) is 0 Å². The van der Waals surface area contributed by atoms with E-state index in [-0.39, 0.29) is 31.0 Å². The normalized spacial score (nSPS) is 13.7. The van der Waals surface area contributed by atoms with Crippen LogP contribution < -0.4 is 19.7 Å². The zero-order valence-electron chi connectivity index (χ0n) is 21.2. The summed E-state index contributed by atoms with van der Waals surface area (Å²) in [5, 5.41) is 12.9. The summed E-state index contributed by atoms with van der Waals surface area (Å²) in [7, 11) is 1.49. The van der Waals surface area contributed by atoms with E-state index in [1.54, 1.807) is 36.4 Å². The average Bonchev–Trinajstić information content (AvgIpc) is 3.27. The Labute approximate surface area is 223 Å². The Kier molecular flexibility index (Phi) is 8.08. The molecule has 0 spiro atoms. The number of benzene rings is 3. The molecular weight excluding hydrogens is 521 g/mol.